The van der Waals surface area contributed by atoms with Crippen LogP contribution in [-0.4, -0.2) is 15.0 Å². The third-order valence-electron chi connectivity index (χ3n) is 4.45. The highest BCUT2D eigenvalue weighted by Gasteiger charge is 2.19. The molecular formula is C19H23N3O2S. The summed E-state index contributed by atoms with van der Waals surface area (Å²) in [6.45, 7) is 4.57. The molecule has 0 fully saturated rings. The largest absolute Gasteiger partial charge is 0.348 e. The van der Waals surface area contributed by atoms with Crippen LogP contribution in [-0.2, 0) is 18.4 Å². The zero-order chi connectivity index (χ0) is 18.0. The lowest BCUT2D eigenvalue weighted by Gasteiger charge is -2.21. The summed E-state index contributed by atoms with van der Waals surface area (Å²) in [4.78, 5) is 26.0. The minimum absolute atomic E-state index is 0.0109. The van der Waals surface area contributed by atoms with Gasteiger partial charge in [-0.25, -0.2) is 4.79 Å². The predicted octanol–water partition coefficient (Wildman–Crippen LogP) is 3.31. The number of para-hydroxylation sites is 2. The molecule has 5 nitrogen and oxygen atoms in total. The van der Waals surface area contributed by atoms with Crippen LogP contribution in [0.1, 0.15) is 31.2 Å². The molecule has 0 aliphatic carbocycles. The standard InChI is InChI=1S/C19H23N3O2S/c1-13(2)18(16-9-6-12-25-16)20-17(23)10-11-22-15-8-5-4-7-14(15)21(3)19(22)24/h4-9,12-13,18H,10-11H2,1-3H3,(H,20,23)/t18-/m0/s1. The van der Waals surface area contributed by atoms with E-state index in [1.54, 1.807) is 27.5 Å². The molecule has 1 N–H and O–H groups in total. The zero-order valence-corrected chi connectivity index (χ0v) is 15.5. The molecule has 25 heavy (non-hydrogen) atoms. The number of aromatic nitrogens is 2. The fraction of sp³-hybridized carbons (Fsp3) is 0.368. The van der Waals surface area contributed by atoms with Gasteiger partial charge in [0.2, 0.25) is 5.91 Å². The van der Waals surface area contributed by atoms with E-state index in [1.807, 2.05) is 41.8 Å². The van der Waals surface area contributed by atoms with Crippen LogP contribution in [0, 0.1) is 5.92 Å². The SMILES string of the molecule is CC(C)[C@H](NC(=O)CCn1c(=O)n(C)c2ccccc21)c1cccs1. The summed E-state index contributed by atoms with van der Waals surface area (Å²) in [5.41, 5.74) is 1.65. The molecule has 0 aliphatic heterocycles. The minimum Gasteiger partial charge on any atom is -0.348 e. The molecule has 2 aromatic heterocycles. The maximum absolute atomic E-state index is 12.5. The Balaban J connectivity index is 1.73. The summed E-state index contributed by atoms with van der Waals surface area (Å²) >= 11 is 1.65. The van der Waals surface area contributed by atoms with Crippen molar-refractivity contribution in [3.05, 3.63) is 57.1 Å². The van der Waals surface area contributed by atoms with Crippen LogP contribution in [0.25, 0.3) is 11.0 Å². The van der Waals surface area contributed by atoms with Gasteiger partial charge in [-0.2, -0.15) is 0 Å². The molecule has 0 bridgehead atoms. The summed E-state index contributed by atoms with van der Waals surface area (Å²) < 4.78 is 3.29. The van der Waals surface area contributed by atoms with Gasteiger partial charge in [0, 0.05) is 24.9 Å². The average Bonchev–Trinajstić information content (AvgIpc) is 3.20. The van der Waals surface area contributed by atoms with Crippen LogP contribution in [0.3, 0.4) is 0 Å². The Kier molecular flexibility index (Phi) is 5.08. The van der Waals surface area contributed by atoms with Gasteiger partial charge in [0.15, 0.2) is 0 Å². The van der Waals surface area contributed by atoms with Gasteiger partial charge < -0.3 is 5.32 Å². The van der Waals surface area contributed by atoms with E-state index in [1.165, 1.54) is 0 Å². The Morgan fingerprint density at radius 3 is 2.52 bits per heavy atom. The van der Waals surface area contributed by atoms with Crippen LogP contribution in [0.5, 0.6) is 0 Å². The highest BCUT2D eigenvalue weighted by atomic mass is 32.1. The van der Waals surface area contributed by atoms with E-state index >= 15 is 0 Å². The summed E-state index contributed by atoms with van der Waals surface area (Å²) in [6.07, 6.45) is 0.280. The van der Waals surface area contributed by atoms with E-state index in [9.17, 15) is 9.59 Å². The van der Waals surface area contributed by atoms with Crippen LogP contribution in [0.2, 0.25) is 0 Å². The molecule has 1 aromatic carbocycles. The Labute approximate surface area is 150 Å². The topological polar surface area (TPSA) is 56.0 Å². The molecule has 0 aliphatic rings. The Morgan fingerprint density at radius 2 is 1.88 bits per heavy atom. The lowest BCUT2D eigenvalue weighted by molar-refractivity contribution is -0.122. The summed E-state index contributed by atoms with van der Waals surface area (Å²) in [7, 11) is 1.76. The maximum Gasteiger partial charge on any atom is 0.328 e. The minimum atomic E-state index is -0.0901. The molecule has 0 saturated carbocycles. The van der Waals surface area contributed by atoms with E-state index < -0.39 is 0 Å². The Hall–Kier alpha value is -2.34. The number of fused-ring (bicyclic) bond motifs is 1. The van der Waals surface area contributed by atoms with Crippen LogP contribution in [0.4, 0.5) is 0 Å². The van der Waals surface area contributed by atoms with Crippen molar-refractivity contribution >= 4 is 28.3 Å². The van der Waals surface area contributed by atoms with Gasteiger partial charge in [-0.15, -0.1) is 11.3 Å². The van der Waals surface area contributed by atoms with E-state index in [0.717, 1.165) is 15.9 Å². The molecule has 3 aromatic rings. The molecule has 3 rings (SSSR count). The van der Waals surface area contributed by atoms with Gasteiger partial charge in [0.25, 0.3) is 0 Å². The summed E-state index contributed by atoms with van der Waals surface area (Å²) in [5, 5.41) is 5.13. The number of imidazole rings is 1. The molecule has 2 heterocycles. The normalized spacial score (nSPS) is 12.6. The molecule has 1 amide bonds. The third-order valence-corrected chi connectivity index (χ3v) is 5.40. The maximum atomic E-state index is 12.5. The number of amides is 1. The number of nitrogens with zero attached hydrogens (tertiary/aromatic N) is 2. The second kappa shape index (κ2) is 7.27. The summed E-state index contributed by atoms with van der Waals surface area (Å²) in [6, 6.07) is 11.7. The number of carbonyl (C=O) groups is 1. The predicted molar refractivity (Wildman–Crippen MR) is 102 cm³/mol. The zero-order valence-electron chi connectivity index (χ0n) is 14.7. The van der Waals surface area contributed by atoms with E-state index in [4.69, 9.17) is 0 Å². The van der Waals surface area contributed by atoms with Crippen LogP contribution < -0.4 is 11.0 Å². The van der Waals surface area contributed by atoms with Gasteiger partial charge >= 0.3 is 5.69 Å². The third kappa shape index (κ3) is 3.54. The first-order chi connectivity index (χ1) is 12.0. The highest BCUT2D eigenvalue weighted by molar-refractivity contribution is 7.10. The molecule has 0 unspecified atom stereocenters. The first-order valence-corrected chi connectivity index (χ1v) is 9.34. The second-order valence-corrected chi connectivity index (χ2v) is 7.52. The number of benzene rings is 1. The molecule has 0 saturated heterocycles. The van der Waals surface area contributed by atoms with E-state index in [-0.39, 0.29) is 24.1 Å². The number of carbonyl (C=O) groups excluding carboxylic acids is 1. The van der Waals surface area contributed by atoms with Crippen molar-refractivity contribution in [3.63, 3.8) is 0 Å². The van der Waals surface area contributed by atoms with E-state index in [2.05, 4.69) is 19.2 Å². The fourth-order valence-electron chi connectivity index (χ4n) is 3.07. The fourth-order valence-corrected chi connectivity index (χ4v) is 4.02. The Morgan fingerprint density at radius 1 is 1.16 bits per heavy atom. The second-order valence-electron chi connectivity index (χ2n) is 6.54. The molecule has 0 radical (unpaired) electrons. The van der Waals surface area contributed by atoms with E-state index in [0.29, 0.717) is 12.5 Å². The number of aryl methyl sites for hydroxylation is 2. The van der Waals surface area contributed by atoms with Crippen molar-refractivity contribution in [2.75, 3.05) is 0 Å². The lowest BCUT2D eigenvalue weighted by Crippen LogP contribution is -2.32. The molecule has 132 valence electrons. The van der Waals surface area contributed by atoms with Gasteiger partial charge in [0.1, 0.15) is 0 Å². The van der Waals surface area contributed by atoms with Gasteiger partial charge in [-0.1, -0.05) is 32.0 Å². The van der Waals surface area contributed by atoms with Gasteiger partial charge in [-0.3, -0.25) is 13.9 Å². The molecule has 0 spiro atoms. The number of hydrogen-bond acceptors (Lipinski definition) is 3. The lowest BCUT2D eigenvalue weighted by atomic mass is 10.0. The molecule has 6 heteroatoms. The molecular weight excluding hydrogens is 334 g/mol. The van der Waals surface area contributed by atoms with Crippen LogP contribution >= 0.6 is 11.3 Å². The van der Waals surface area contributed by atoms with Gasteiger partial charge in [0.05, 0.1) is 17.1 Å². The first kappa shape index (κ1) is 17.5. The number of hydrogen-bond donors (Lipinski definition) is 1. The highest BCUT2D eigenvalue weighted by Crippen LogP contribution is 2.25. The number of thiophene rings is 1. The van der Waals surface area contributed by atoms with Crippen molar-refractivity contribution in [1.82, 2.24) is 14.5 Å². The smallest absolute Gasteiger partial charge is 0.328 e. The average molecular weight is 357 g/mol. The monoisotopic (exact) mass is 357 g/mol. The van der Waals surface area contributed by atoms with Crippen molar-refractivity contribution < 1.29 is 4.79 Å². The van der Waals surface area contributed by atoms with Crippen LogP contribution in [0.15, 0.2) is 46.6 Å². The quantitative estimate of drug-likeness (QED) is 0.736. The first-order valence-electron chi connectivity index (χ1n) is 8.46. The molecule has 1 atom stereocenters. The Bertz CT molecular complexity index is 922. The van der Waals surface area contributed by atoms with Gasteiger partial charge in [-0.05, 0) is 29.5 Å². The van der Waals surface area contributed by atoms with Crippen molar-refractivity contribution in [1.29, 1.82) is 0 Å². The van der Waals surface area contributed by atoms with Crippen molar-refractivity contribution in [2.45, 2.75) is 32.9 Å². The van der Waals surface area contributed by atoms with Crippen molar-refractivity contribution in [3.8, 4) is 0 Å². The number of nitrogens with one attached hydrogen (secondary N) is 1. The number of rotatable bonds is 6. The summed E-state index contributed by atoms with van der Waals surface area (Å²) in [5.74, 6) is 0.273. The van der Waals surface area contributed by atoms with Crippen molar-refractivity contribution in [2.24, 2.45) is 13.0 Å².